The summed E-state index contributed by atoms with van der Waals surface area (Å²) in [7, 11) is 0. The Hall–Kier alpha value is -3.77. The molecule has 6 nitrogen and oxygen atoms in total. The summed E-state index contributed by atoms with van der Waals surface area (Å²) in [6, 6.07) is 27.5. The Balaban J connectivity index is 1.73. The molecule has 0 radical (unpaired) electrons. The van der Waals surface area contributed by atoms with Crippen LogP contribution in [0.1, 0.15) is 23.0 Å². The second kappa shape index (κ2) is 8.71. The zero-order chi connectivity index (χ0) is 20.9. The number of para-hydroxylation sites is 1. The quantitative estimate of drug-likeness (QED) is 0.496. The summed E-state index contributed by atoms with van der Waals surface area (Å²) in [5, 5.41) is 2.60. The lowest BCUT2D eigenvalue weighted by atomic mass is 9.99. The van der Waals surface area contributed by atoms with Crippen LogP contribution < -0.4 is 16.6 Å². The number of amides is 1. The van der Waals surface area contributed by atoms with E-state index in [2.05, 4.69) is 34.6 Å². The minimum absolute atomic E-state index is 0.0257. The van der Waals surface area contributed by atoms with Gasteiger partial charge in [-0.25, -0.2) is 4.98 Å². The van der Waals surface area contributed by atoms with Gasteiger partial charge in [-0.1, -0.05) is 72.8 Å². The molecule has 1 heterocycles. The van der Waals surface area contributed by atoms with Crippen molar-refractivity contribution >= 4 is 16.8 Å². The van der Waals surface area contributed by atoms with Crippen LogP contribution in [0.3, 0.4) is 0 Å². The highest BCUT2D eigenvalue weighted by Crippen LogP contribution is 2.18. The first-order chi connectivity index (χ1) is 14.6. The molecule has 0 aliphatic rings. The largest absolute Gasteiger partial charge is 0.368 e. The maximum Gasteiger partial charge on any atom is 0.262 e. The summed E-state index contributed by atoms with van der Waals surface area (Å²) in [6.45, 7) is 0.225. The van der Waals surface area contributed by atoms with E-state index < -0.39 is 5.91 Å². The van der Waals surface area contributed by atoms with Crippen molar-refractivity contribution in [1.82, 2.24) is 9.55 Å². The molecule has 4 N–H and O–H groups in total. The van der Waals surface area contributed by atoms with Crippen molar-refractivity contribution in [2.24, 2.45) is 5.73 Å². The van der Waals surface area contributed by atoms with Crippen LogP contribution >= 0.6 is 0 Å². The van der Waals surface area contributed by atoms with Gasteiger partial charge < -0.3 is 11.1 Å². The Kier molecular flexibility index (Phi) is 5.68. The molecule has 3 aromatic carbocycles. The molecule has 1 amide bonds. The molecule has 0 bridgehead atoms. The minimum Gasteiger partial charge on any atom is -0.368 e. The molecule has 0 fully saturated rings. The monoisotopic (exact) mass is 399 g/mol. The first-order valence-corrected chi connectivity index (χ1v) is 9.83. The van der Waals surface area contributed by atoms with Gasteiger partial charge in [-0.2, -0.15) is 0 Å². The Bertz CT molecular complexity index is 1180. The third-order valence-corrected chi connectivity index (χ3v) is 5.11. The molecular formula is C24H23N4O2+. The molecule has 4 rings (SSSR count). The van der Waals surface area contributed by atoms with Gasteiger partial charge >= 0.3 is 0 Å². The fourth-order valence-electron chi connectivity index (χ4n) is 3.70. The Labute approximate surface area is 174 Å². The second-order valence-electron chi connectivity index (χ2n) is 7.14. The molecule has 0 aliphatic carbocycles. The molecule has 0 atom stereocenters. The van der Waals surface area contributed by atoms with Crippen molar-refractivity contribution in [3.05, 3.63) is 112 Å². The highest BCUT2D eigenvalue weighted by atomic mass is 16.2. The number of hydrogen-bond donors (Lipinski definition) is 2. The van der Waals surface area contributed by atoms with E-state index in [1.807, 2.05) is 42.5 Å². The smallest absolute Gasteiger partial charge is 0.262 e. The van der Waals surface area contributed by atoms with E-state index >= 15 is 0 Å². The summed E-state index contributed by atoms with van der Waals surface area (Å²) < 4.78 is 1.38. The fraction of sp³-hybridized carbons (Fsp3) is 0.125. The minimum atomic E-state index is -0.571. The van der Waals surface area contributed by atoms with Crippen LogP contribution in [0.5, 0.6) is 0 Å². The van der Waals surface area contributed by atoms with E-state index in [4.69, 9.17) is 5.73 Å². The van der Waals surface area contributed by atoms with E-state index in [0.29, 0.717) is 23.3 Å². The number of rotatable bonds is 7. The average molecular weight is 399 g/mol. The number of quaternary nitrogens is 1. The summed E-state index contributed by atoms with van der Waals surface area (Å²) in [5.74, 6) is -0.0486. The van der Waals surface area contributed by atoms with Crippen molar-refractivity contribution in [3.8, 4) is 0 Å². The van der Waals surface area contributed by atoms with Crippen LogP contribution in [-0.4, -0.2) is 15.5 Å². The second-order valence-corrected chi connectivity index (χ2v) is 7.14. The van der Waals surface area contributed by atoms with Gasteiger partial charge in [0, 0.05) is 11.1 Å². The summed E-state index contributed by atoms with van der Waals surface area (Å²) in [5.41, 5.74) is 8.06. The zero-order valence-electron chi connectivity index (χ0n) is 16.4. The lowest BCUT2D eigenvalue weighted by Crippen LogP contribution is -2.84. The van der Waals surface area contributed by atoms with Crippen molar-refractivity contribution in [2.75, 3.05) is 0 Å². The molecule has 0 spiro atoms. The number of carbonyl (C=O) groups excluding carboxylic acids is 1. The molecule has 0 saturated carbocycles. The van der Waals surface area contributed by atoms with Gasteiger partial charge in [0.15, 0.2) is 5.82 Å². The van der Waals surface area contributed by atoms with Crippen molar-refractivity contribution < 1.29 is 10.1 Å². The first kappa shape index (κ1) is 19.5. The maximum absolute atomic E-state index is 13.0. The van der Waals surface area contributed by atoms with Gasteiger partial charge in [0.05, 0.1) is 10.9 Å². The lowest BCUT2D eigenvalue weighted by Gasteiger charge is -2.18. The number of benzene rings is 3. The highest BCUT2D eigenvalue weighted by molar-refractivity contribution is 5.78. The number of fused-ring (bicyclic) bond motifs is 1. The van der Waals surface area contributed by atoms with Gasteiger partial charge in [-0.05, 0) is 12.1 Å². The van der Waals surface area contributed by atoms with Gasteiger partial charge in [0.2, 0.25) is 5.91 Å². The van der Waals surface area contributed by atoms with Crippen LogP contribution in [-0.2, 0) is 17.9 Å². The van der Waals surface area contributed by atoms with E-state index in [1.165, 1.54) is 4.57 Å². The van der Waals surface area contributed by atoms with E-state index in [0.717, 1.165) is 11.1 Å². The maximum atomic E-state index is 13.0. The van der Waals surface area contributed by atoms with Crippen LogP contribution in [0.2, 0.25) is 0 Å². The molecule has 0 saturated heterocycles. The predicted molar refractivity (Wildman–Crippen MR) is 116 cm³/mol. The van der Waals surface area contributed by atoms with Gasteiger partial charge in [0.1, 0.15) is 19.1 Å². The Morgan fingerprint density at radius 2 is 1.47 bits per heavy atom. The van der Waals surface area contributed by atoms with Crippen LogP contribution in [0.4, 0.5) is 0 Å². The molecule has 0 aliphatic heterocycles. The predicted octanol–water partition coefficient (Wildman–Crippen LogP) is 1.73. The number of primary amides is 1. The lowest BCUT2D eigenvalue weighted by molar-refractivity contribution is -0.703. The Morgan fingerprint density at radius 3 is 2.07 bits per heavy atom. The molecule has 150 valence electrons. The summed E-state index contributed by atoms with van der Waals surface area (Å²) >= 11 is 0. The number of hydrogen-bond acceptors (Lipinski definition) is 3. The molecule has 30 heavy (non-hydrogen) atoms. The zero-order valence-corrected chi connectivity index (χ0v) is 16.4. The van der Waals surface area contributed by atoms with Gasteiger partial charge in [-0.15, -0.1) is 0 Å². The normalized spacial score (nSPS) is 11.1. The van der Waals surface area contributed by atoms with Gasteiger partial charge in [-0.3, -0.25) is 14.2 Å². The molecular weight excluding hydrogens is 376 g/mol. The topological polar surface area (TPSA) is 94.6 Å². The van der Waals surface area contributed by atoms with Crippen molar-refractivity contribution in [2.45, 2.75) is 19.1 Å². The van der Waals surface area contributed by atoms with Crippen molar-refractivity contribution in [3.63, 3.8) is 0 Å². The van der Waals surface area contributed by atoms with Crippen molar-refractivity contribution in [1.29, 1.82) is 0 Å². The van der Waals surface area contributed by atoms with Crippen LogP contribution in [0, 0.1) is 0 Å². The first-order valence-electron chi connectivity index (χ1n) is 9.83. The van der Waals surface area contributed by atoms with Gasteiger partial charge in [0.25, 0.3) is 5.56 Å². The number of nitrogens with two attached hydrogens (primary N) is 2. The number of nitrogens with zero attached hydrogens (tertiary/aromatic N) is 2. The standard InChI is InChI=1S/C24H22N4O2/c25-21(29)16-28-22(27-20-14-8-7-13-19(20)24(28)30)15-26-23(17-9-3-1-4-10-17)18-11-5-2-6-12-18/h1-14,23,26H,15-16H2,(H2,25,29)/p+1. The van der Waals surface area contributed by atoms with E-state index in [-0.39, 0.29) is 18.1 Å². The molecule has 1 aromatic heterocycles. The van der Waals surface area contributed by atoms with Crippen LogP contribution in [0.15, 0.2) is 89.7 Å². The molecule has 4 aromatic rings. The Morgan fingerprint density at radius 1 is 0.900 bits per heavy atom. The SMILES string of the molecule is NC(=O)Cn1c(C[NH2+]C(c2ccccc2)c2ccccc2)nc2ccccc2c1=O. The third-order valence-electron chi connectivity index (χ3n) is 5.11. The van der Waals surface area contributed by atoms with E-state index in [1.54, 1.807) is 18.2 Å². The number of carbonyl (C=O) groups is 1. The fourth-order valence-corrected chi connectivity index (χ4v) is 3.70. The summed E-state index contributed by atoms with van der Waals surface area (Å²) in [4.78, 5) is 29.3. The molecule has 6 heteroatoms. The van der Waals surface area contributed by atoms with Crippen LogP contribution in [0.25, 0.3) is 10.9 Å². The highest BCUT2D eigenvalue weighted by Gasteiger charge is 2.20. The van der Waals surface area contributed by atoms with E-state index in [9.17, 15) is 9.59 Å². The third kappa shape index (κ3) is 4.14. The summed E-state index contributed by atoms with van der Waals surface area (Å²) in [6.07, 6.45) is 0. The number of aromatic nitrogens is 2. The average Bonchev–Trinajstić information content (AvgIpc) is 2.78. The molecule has 0 unspecified atom stereocenters.